The van der Waals surface area contributed by atoms with Gasteiger partial charge in [0, 0.05) is 13.1 Å². The Morgan fingerprint density at radius 2 is 2.59 bits per heavy atom. The largest absolute Gasteiger partial charge is 0.363 e. The van der Waals surface area contributed by atoms with Crippen LogP contribution in [0.4, 0.5) is 9.02 Å². The fraction of sp³-hybridized carbons (Fsp3) is 0.500. The molecule has 0 amide bonds. The zero-order valence-electron chi connectivity index (χ0n) is 8.65. The molecule has 1 aliphatic heterocycles. The average molecular weight is 276 g/mol. The van der Waals surface area contributed by atoms with Gasteiger partial charge in [0.1, 0.15) is 12.1 Å². The van der Waals surface area contributed by atoms with Crippen LogP contribution < -0.4 is 0 Å². The summed E-state index contributed by atoms with van der Waals surface area (Å²) >= 11 is 1.02. The number of halogens is 1. The lowest BCUT2D eigenvalue weighted by atomic mass is 10.2. The Balaban J connectivity index is 1.96. The Morgan fingerprint density at radius 3 is 3.18 bits per heavy atom. The highest BCUT2D eigenvalue weighted by molar-refractivity contribution is 7.86. The molecule has 0 aliphatic carbocycles. The zero-order chi connectivity index (χ0) is 12.3. The molecule has 0 N–H and O–H groups in total. The van der Waals surface area contributed by atoms with E-state index in [1.54, 1.807) is 0 Å². The maximum Gasteiger partial charge on any atom is 0.278 e. The van der Waals surface area contributed by atoms with Crippen molar-refractivity contribution in [3.8, 4) is 12.3 Å². The van der Waals surface area contributed by atoms with Gasteiger partial charge in [-0.3, -0.25) is 0 Å². The Labute approximate surface area is 102 Å². The van der Waals surface area contributed by atoms with Crippen molar-refractivity contribution in [3.05, 3.63) is 5.51 Å². The number of rotatable bonds is 4. The molecule has 6 nitrogen and oxygen atoms in total. The number of ether oxygens (including phenoxy) is 1. The van der Waals surface area contributed by atoms with E-state index < -0.39 is 10.3 Å². The van der Waals surface area contributed by atoms with Crippen LogP contribution in [-0.2, 0) is 15.0 Å². The molecule has 0 spiro atoms. The lowest BCUT2D eigenvalue weighted by molar-refractivity contribution is -0.00388. The van der Waals surface area contributed by atoms with Crippen LogP contribution in [0.1, 0.15) is 0 Å². The highest BCUT2D eigenvalue weighted by atomic mass is 32.3. The average Bonchev–Trinajstić information content (AvgIpc) is 2.67. The van der Waals surface area contributed by atoms with Gasteiger partial charge in [-0.1, -0.05) is 17.3 Å². The van der Waals surface area contributed by atoms with Gasteiger partial charge in [0.25, 0.3) is 10.3 Å². The van der Waals surface area contributed by atoms with E-state index in [0.717, 1.165) is 15.6 Å². The van der Waals surface area contributed by atoms with Crippen molar-refractivity contribution < 1.29 is 12.8 Å². The molecule has 1 aromatic heterocycles. The molecule has 1 atom stereocenters. The summed E-state index contributed by atoms with van der Waals surface area (Å²) in [5.74, 6) is 2.31. The van der Waals surface area contributed by atoms with Crippen LogP contribution in [0.3, 0.4) is 0 Å². The van der Waals surface area contributed by atoms with E-state index in [-0.39, 0.29) is 30.9 Å². The summed E-state index contributed by atoms with van der Waals surface area (Å²) < 4.78 is 35.0. The monoisotopic (exact) mass is 276 g/mol. The normalized spacial score (nSPS) is 20.2. The summed E-state index contributed by atoms with van der Waals surface area (Å²) in [6.45, 7) is 0.582. The molecule has 0 aromatic carbocycles. The first kappa shape index (κ1) is 12.4. The van der Waals surface area contributed by atoms with Crippen LogP contribution in [0.25, 0.3) is 0 Å². The number of hydrogen-bond donors (Lipinski definition) is 0. The van der Waals surface area contributed by atoms with Crippen LogP contribution in [0.5, 0.6) is 0 Å². The fourth-order valence-corrected chi connectivity index (χ4v) is 2.99. The summed E-state index contributed by atoms with van der Waals surface area (Å²) in [5.41, 5.74) is 1.39. The third kappa shape index (κ3) is 2.98. The third-order valence-electron chi connectivity index (χ3n) is 2.07. The highest BCUT2D eigenvalue weighted by Crippen LogP contribution is 2.24. The minimum Gasteiger partial charge on any atom is -0.363 e. The molecule has 1 aromatic rings. The van der Waals surface area contributed by atoms with Gasteiger partial charge >= 0.3 is 0 Å². The van der Waals surface area contributed by atoms with Crippen LogP contribution >= 0.6 is 11.3 Å². The van der Waals surface area contributed by atoms with Crippen LogP contribution in [0, 0.1) is 12.3 Å². The molecule has 9 heteroatoms. The van der Waals surface area contributed by atoms with E-state index in [4.69, 9.17) is 11.2 Å². The Bertz CT molecular complexity index is 526. The van der Waals surface area contributed by atoms with Gasteiger partial charge in [-0.05, 0) is 0 Å². The van der Waals surface area contributed by atoms with Crippen molar-refractivity contribution in [2.45, 2.75) is 6.10 Å². The molecule has 0 bridgehead atoms. The van der Waals surface area contributed by atoms with Crippen molar-refractivity contribution in [3.63, 3.8) is 0 Å². The summed E-state index contributed by atoms with van der Waals surface area (Å²) in [6, 6.07) is 0. The van der Waals surface area contributed by atoms with Crippen molar-refractivity contribution in [2.24, 2.45) is 4.36 Å². The van der Waals surface area contributed by atoms with Crippen molar-refractivity contribution in [1.82, 2.24) is 14.5 Å². The molecule has 2 rings (SSSR count). The van der Waals surface area contributed by atoms with Crippen molar-refractivity contribution in [1.29, 1.82) is 0 Å². The highest BCUT2D eigenvalue weighted by Gasteiger charge is 2.35. The van der Waals surface area contributed by atoms with Crippen molar-refractivity contribution in [2.75, 3.05) is 19.7 Å². The number of hydrogen-bond acceptors (Lipinski definition) is 6. The molecule has 1 unspecified atom stereocenters. The summed E-state index contributed by atoms with van der Waals surface area (Å²) in [7, 11) is -3.92. The zero-order valence-corrected chi connectivity index (χ0v) is 10.3. The maximum absolute atomic E-state index is 13.7. The standard InChI is InChI=1S/C8H9FN4O2S2/c1-2-3-15-7-4-13(5-7)17(9,14)12-8-11-10-6-16-8/h1,6-7H,3-5H2. The van der Waals surface area contributed by atoms with E-state index in [2.05, 4.69) is 20.5 Å². The maximum atomic E-state index is 13.7. The van der Waals surface area contributed by atoms with E-state index >= 15 is 0 Å². The van der Waals surface area contributed by atoms with Gasteiger partial charge < -0.3 is 4.74 Å². The van der Waals surface area contributed by atoms with Crippen LogP contribution in [0.2, 0.25) is 0 Å². The second-order valence-electron chi connectivity index (χ2n) is 3.23. The lowest BCUT2D eigenvalue weighted by Crippen LogP contribution is -2.53. The molecule has 0 radical (unpaired) electrons. The Morgan fingerprint density at radius 1 is 1.82 bits per heavy atom. The molecule has 92 valence electrons. The summed E-state index contributed by atoms with van der Waals surface area (Å²) in [5, 5.41) is 7.05. The first-order valence-electron chi connectivity index (χ1n) is 4.65. The predicted molar refractivity (Wildman–Crippen MR) is 61.4 cm³/mol. The Hall–Kier alpha value is -1.08. The molecule has 1 fully saturated rings. The van der Waals surface area contributed by atoms with E-state index in [1.165, 1.54) is 5.51 Å². The van der Waals surface area contributed by atoms with Gasteiger partial charge in [-0.2, -0.15) is 8.51 Å². The second-order valence-corrected chi connectivity index (χ2v) is 5.60. The van der Waals surface area contributed by atoms with Gasteiger partial charge in [0.05, 0.1) is 6.10 Å². The lowest BCUT2D eigenvalue weighted by Gasteiger charge is -2.36. The van der Waals surface area contributed by atoms with Gasteiger partial charge in [-0.15, -0.1) is 24.9 Å². The molecule has 0 saturated carbocycles. The molecule has 17 heavy (non-hydrogen) atoms. The molecule has 1 aliphatic rings. The molecule has 2 heterocycles. The molecular formula is C8H9FN4O2S2. The minimum absolute atomic E-state index is 0.0606. The van der Waals surface area contributed by atoms with Crippen molar-refractivity contribution >= 4 is 26.8 Å². The molecule has 1 saturated heterocycles. The number of aromatic nitrogens is 2. The van der Waals surface area contributed by atoms with Gasteiger partial charge in [0.15, 0.2) is 0 Å². The number of terminal acetylenes is 1. The topological polar surface area (TPSA) is 67.7 Å². The van der Waals surface area contributed by atoms with Crippen LogP contribution in [0.15, 0.2) is 9.87 Å². The first-order chi connectivity index (χ1) is 8.12. The molecular weight excluding hydrogens is 267 g/mol. The van der Waals surface area contributed by atoms with Crippen LogP contribution in [-0.4, -0.2) is 44.5 Å². The SMILES string of the molecule is C#CCOC1CN(S(=O)(F)=Nc2nncs2)C1. The number of nitrogens with zero attached hydrogens (tertiary/aromatic N) is 4. The Kier molecular flexibility index (Phi) is 3.68. The summed E-state index contributed by atoms with van der Waals surface area (Å²) in [4.78, 5) is 0. The first-order valence-corrected chi connectivity index (χ1v) is 6.90. The minimum atomic E-state index is -3.92. The second kappa shape index (κ2) is 5.05. The third-order valence-corrected chi connectivity index (χ3v) is 4.11. The van der Waals surface area contributed by atoms with Gasteiger partial charge in [0.2, 0.25) is 5.13 Å². The predicted octanol–water partition coefficient (Wildman–Crippen LogP) is 0.771. The van der Waals surface area contributed by atoms with Gasteiger partial charge in [-0.25, -0.2) is 0 Å². The quantitative estimate of drug-likeness (QED) is 0.602. The fourth-order valence-electron chi connectivity index (χ4n) is 1.22. The van der Waals surface area contributed by atoms with E-state index in [9.17, 15) is 8.09 Å². The van der Waals surface area contributed by atoms with E-state index in [0.29, 0.717) is 0 Å². The summed E-state index contributed by atoms with van der Waals surface area (Å²) in [6.07, 6.45) is 4.83. The smallest absolute Gasteiger partial charge is 0.278 e. The van der Waals surface area contributed by atoms with E-state index in [1.807, 2.05) is 0 Å².